The molecule has 0 aliphatic carbocycles. The van der Waals surface area contributed by atoms with Gasteiger partial charge in [-0.3, -0.25) is 10.4 Å². The predicted molar refractivity (Wildman–Crippen MR) is 138 cm³/mol. The van der Waals surface area contributed by atoms with E-state index in [4.69, 9.17) is 40.1 Å². The molecule has 0 bridgehead atoms. The Hall–Kier alpha value is -3.10. The highest BCUT2D eigenvalue weighted by Gasteiger charge is 2.24. The highest BCUT2D eigenvalue weighted by atomic mass is 35.5. The minimum atomic E-state index is 0.0915. The first-order valence-electron chi connectivity index (χ1n) is 10.9. The second-order valence-electron chi connectivity index (χ2n) is 7.92. The van der Waals surface area contributed by atoms with Crippen molar-refractivity contribution in [2.45, 2.75) is 26.4 Å². The lowest BCUT2D eigenvalue weighted by Gasteiger charge is -2.28. The van der Waals surface area contributed by atoms with Crippen molar-refractivity contribution >= 4 is 57.4 Å². The Kier molecular flexibility index (Phi) is 6.85. The van der Waals surface area contributed by atoms with Gasteiger partial charge < -0.3 is 31.6 Å². The lowest BCUT2D eigenvalue weighted by molar-refractivity contribution is 0.373. The van der Waals surface area contributed by atoms with Crippen molar-refractivity contribution in [3.8, 4) is 0 Å². The second-order valence-corrected chi connectivity index (χ2v) is 8.73. The van der Waals surface area contributed by atoms with Gasteiger partial charge in [-0.15, -0.1) is 0 Å². The van der Waals surface area contributed by atoms with Gasteiger partial charge in [0.15, 0.2) is 11.9 Å². The van der Waals surface area contributed by atoms with Crippen LogP contribution in [0.5, 0.6) is 0 Å². The Labute approximate surface area is 203 Å². The van der Waals surface area contributed by atoms with Crippen molar-refractivity contribution in [1.82, 2.24) is 14.8 Å². The molecule has 0 amide bonds. The zero-order valence-corrected chi connectivity index (χ0v) is 20.0. The number of nitrogens with one attached hydrogen (secondary N) is 3. The van der Waals surface area contributed by atoms with Crippen LogP contribution in [-0.4, -0.2) is 41.0 Å². The van der Waals surface area contributed by atoms with Gasteiger partial charge in [0.1, 0.15) is 0 Å². The van der Waals surface area contributed by atoms with Crippen molar-refractivity contribution in [2.24, 2.45) is 16.5 Å². The van der Waals surface area contributed by atoms with E-state index < -0.39 is 0 Å². The van der Waals surface area contributed by atoms with Crippen LogP contribution in [0, 0.1) is 5.41 Å². The molecule has 0 spiro atoms. The van der Waals surface area contributed by atoms with E-state index >= 15 is 0 Å². The first-order chi connectivity index (χ1) is 15.9. The van der Waals surface area contributed by atoms with Gasteiger partial charge >= 0.3 is 0 Å². The molecule has 4 rings (SSSR count). The molecule has 0 fully saturated rings. The van der Waals surface area contributed by atoms with Crippen molar-refractivity contribution < 1.29 is 0 Å². The third-order valence-electron chi connectivity index (χ3n) is 5.77. The average Bonchev–Trinajstić information content (AvgIpc) is 3.09. The number of guanidine groups is 2. The summed E-state index contributed by atoms with van der Waals surface area (Å²) in [6.45, 7) is 5.28. The second kappa shape index (κ2) is 9.80. The van der Waals surface area contributed by atoms with Gasteiger partial charge in [0.25, 0.3) is 0 Å². The van der Waals surface area contributed by atoms with Gasteiger partial charge in [0.05, 0.1) is 23.1 Å². The maximum atomic E-state index is 7.88. The molecule has 0 unspecified atom stereocenters. The summed E-state index contributed by atoms with van der Waals surface area (Å²) in [6.07, 6.45) is 0.817. The fourth-order valence-corrected chi connectivity index (χ4v) is 4.53. The van der Waals surface area contributed by atoms with E-state index in [-0.39, 0.29) is 5.96 Å². The van der Waals surface area contributed by atoms with Crippen LogP contribution in [0.3, 0.4) is 0 Å². The number of benzene rings is 2. The number of aromatic nitrogens is 1. The van der Waals surface area contributed by atoms with E-state index in [9.17, 15) is 0 Å². The fourth-order valence-electron chi connectivity index (χ4n) is 4.23. The highest BCUT2D eigenvalue weighted by Crippen LogP contribution is 2.34. The molecule has 33 heavy (non-hydrogen) atoms. The summed E-state index contributed by atoms with van der Waals surface area (Å²) in [5, 5.41) is 16.5. The van der Waals surface area contributed by atoms with Gasteiger partial charge in [-0.05, 0) is 55.3 Å². The smallest absolute Gasteiger partial charge is 0.188 e. The number of anilines is 2. The van der Waals surface area contributed by atoms with Crippen LogP contribution in [0.15, 0.2) is 41.4 Å². The van der Waals surface area contributed by atoms with Crippen LogP contribution in [0.2, 0.25) is 10.0 Å². The van der Waals surface area contributed by atoms with Crippen LogP contribution >= 0.6 is 23.2 Å². The van der Waals surface area contributed by atoms with Crippen molar-refractivity contribution in [3.63, 3.8) is 0 Å². The first-order valence-corrected chi connectivity index (χ1v) is 11.6. The molecule has 0 atom stereocenters. The molecule has 174 valence electrons. The molecule has 1 aliphatic heterocycles. The van der Waals surface area contributed by atoms with Crippen LogP contribution < -0.4 is 22.1 Å². The molecule has 8 nitrogen and oxygen atoms in total. The quantitative estimate of drug-likeness (QED) is 0.267. The van der Waals surface area contributed by atoms with Gasteiger partial charge in [0, 0.05) is 47.6 Å². The van der Waals surface area contributed by atoms with Crippen molar-refractivity contribution in [2.75, 3.05) is 25.0 Å². The zero-order chi connectivity index (χ0) is 23.5. The molecule has 0 saturated heterocycles. The molecule has 1 aromatic heterocycles. The third-order valence-corrected chi connectivity index (χ3v) is 6.51. The largest absolute Gasteiger partial charge is 0.370 e. The van der Waals surface area contributed by atoms with Gasteiger partial charge in [-0.1, -0.05) is 23.2 Å². The van der Waals surface area contributed by atoms with Crippen molar-refractivity contribution in [3.05, 3.63) is 57.7 Å². The molecule has 2 heterocycles. The first kappa shape index (κ1) is 23.1. The summed E-state index contributed by atoms with van der Waals surface area (Å²) in [5.74, 6) is 0.537. The van der Waals surface area contributed by atoms with Crippen LogP contribution in [0.4, 0.5) is 11.4 Å². The lowest BCUT2D eigenvalue weighted by Crippen LogP contribution is -2.40. The maximum Gasteiger partial charge on any atom is 0.188 e. The summed E-state index contributed by atoms with van der Waals surface area (Å²) in [4.78, 5) is 6.33. The van der Waals surface area contributed by atoms with E-state index in [1.165, 1.54) is 10.9 Å². The van der Waals surface area contributed by atoms with Gasteiger partial charge in [-0.25, -0.2) is 0 Å². The van der Waals surface area contributed by atoms with E-state index in [2.05, 4.69) is 32.3 Å². The molecule has 2 aromatic carbocycles. The van der Waals surface area contributed by atoms with Crippen molar-refractivity contribution in [1.29, 1.82) is 5.41 Å². The summed E-state index contributed by atoms with van der Waals surface area (Å²) in [6, 6.07) is 11.8. The zero-order valence-electron chi connectivity index (χ0n) is 18.5. The predicted octanol–water partition coefficient (Wildman–Crippen LogP) is 3.87. The number of aliphatic imine (C=N–C) groups is 1. The van der Waals surface area contributed by atoms with E-state index in [0.29, 0.717) is 35.6 Å². The maximum absolute atomic E-state index is 7.88. The number of nitrogens with two attached hydrogens (primary N) is 2. The molecule has 0 radical (unpaired) electrons. The Morgan fingerprint density at radius 3 is 2.61 bits per heavy atom. The van der Waals surface area contributed by atoms with Gasteiger partial charge in [0.2, 0.25) is 0 Å². The minimum absolute atomic E-state index is 0.0915. The normalized spacial score (nSPS) is 13.8. The third kappa shape index (κ3) is 4.96. The van der Waals surface area contributed by atoms with Crippen LogP contribution in [0.1, 0.15) is 18.2 Å². The molecule has 0 saturated carbocycles. The van der Waals surface area contributed by atoms with E-state index in [1.54, 1.807) is 6.07 Å². The number of fused-ring (bicyclic) bond motifs is 3. The molecule has 1 aliphatic rings. The molecule has 3 aromatic rings. The summed E-state index contributed by atoms with van der Waals surface area (Å²) < 4.78 is 2.27. The standard InChI is InChI=1S/C23H28Cl2N8/c1-2-29-23(28)30-8-10-33-20-6-4-14(31-15-3-5-18(24)19(25)12-15)11-17(20)16-7-9-32(22(26)27)13-21(16)33/h3-6,11-12,31H,2,7-10,13H2,1H3,(H3,26,27)(H3,28,29,30). The Balaban J connectivity index is 1.69. The topological polar surface area (TPSA) is 120 Å². The molecule has 10 heteroatoms. The SMILES string of the molecule is CCNC(N)=NCCn1c2c(c3cc(Nc4ccc(Cl)c(Cl)c4)ccc31)CCN(C(=N)N)C2. The Morgan fingerprint density at radius 2 is 1.88 bits per heavy atom. The number of hydrogen-bond acceptors (Lipinski definition) is 3. The number of hydrogen-bond donors (Lipinski definition) is 5. The van der Waals surface area contributed by atoms with Gasteiger partial charge in [-0.2, -0.15) is 0 Å². The summed E-state index contributed by atoms with van der Waals surface area (Å²) in [5.41, 5.74) is 17.1. The van der Waals surface area contributed by atoms with Crippen LogP contribution in [0.25, 0.3) is 10.9 Å². The molecular weight excluding hydrogens is 459 g/mol. The number of halogens is 2. The minimum Gasteiger partial charge on any atom is -0.370 e. The van der Waals surface area contributed by atoms with Crippen LogP contribution in [-0.2, 0) is 19.5 Å². The summed E-state index contributed by atoms with van der Waals surface area (Å²) >= 11 is 12.2. The highest BCUT2D eigenvalue weighted by molar-refractivity contribution is 6.42. The Morgan fingerprint density at radius 1 is 1.12 bits per heavy atom. The number of nitrogens with zero attached hydrogens (tertiary/aromatic N) is 3. The van der Waals surface area contributed by atoms with E-state index in [1.807, 2.05) is 30.0 Å². The fraction of sp³-hybridized carbons (Fsp3) is 0.304. The Bertz CT molecular complexity index is 1220. The monoisotopic (exact) mass is 486 g/mol. The molecule has 7 N–H and O–H groups in total. The number of rotatable bonds is 6. The average molecular weight is 487 g/mol. The van der Waals surface area contributed by atoms with E-state index in [0.717, 1.165) is 42.1 Å². The molecular formula is C23H28Cl2N8. The summed E-state index contributed by atoms with van der Waals surface area (Å²) in [7, 11) is 0. The lowest BCUT2D eigenvalue weighted by atomic mass is 10.0.